The van der Waals surface area contributed by atoms with Crippen molar-refractivity contribution in [2.45, 2.75) is 27.0 Å². The van der Waals surface area contributed by atoms with Crippen LogP contribution < -0.4 is 0 Å². The van der Waals surface area contributed by atoms with Gasteiger partial charge in [-0.3, -0.25) is 0 Å². The van der Waals surface area contributed by atoms with Crippen LogP contribution in [-0.2, 0) is 0 Å². The van der Waals surface area contributed by atoms with Gasteiger partial charge in [-0.25, -0.2) is 0 Å². The van der Waals surface area contributed by atoms with Gasteiger partial charge < -0.3 is 0 Å². The van der Waals surface area contributed by atoms with E-state index in [0.29, 0.717) is 5.41 Å². The molecule has 0 amide bonds. The Kier molecular flexibility index (Phi) is 1.34. The van der Waals surface area contributed by atoms with E-state index >= 15 is 0 Å². The van der Waals surface area contributed by atoms with Crippen LogP contribution in [0.15, 0.2) is 0 Å². The Morgan fingerprint density at radius 3 is 1.88 bits per heavy atom. The van der Waals surface area contributed by atoms with E-state index in [2.05, 4.69) is 35.0 Å². The first-order valence-electron chi connectivity index (χ1n) is 3.14. The summed E-state index contributed by atoms with van der Waals surface area (Å²) in [5, 5.41) is 1.51. The minimum atomic E-state index is 0.401. The molecule has 0 N–H and O–H groups in total. The Hall–Kier alpha value is -0.000130. The maximum atomic E-state index is 2.29. The van der Waals surface area contributed by atoms with Crippen LogP contribution in [0.4, 0.5) is 0 Å². The topological polar surface area (TPSA) is 0 Å². The zero-order valence-corrected chi connectivity index (χ0v) is 5.86. The van der Waals surface area contributed by atoms with Crippen molar-refractivity contribution in [3.63, 3.8) is 0 Å². The standard InChI is InChI=1S/C6H11B2/c1-6(2,3)5-7-4-8-5/h4H2,1-3H3. The monoisotopic (exact) mass is 105 g/mol. The molecule has 0 saturated carbocycles. The molecule has 1 aliphatic rings. The molecule has 0 nitrogen and oxygen atoms in total. The van der Waals surface area contributed by atoms with E-state index in [1.54, 1.807) is 0 Å². The van der Waals surface area contributed by atoms with Gasteiger partial charge in [0.2, 0.25) is 0 Å². The number of rotatable bonds is 0. The van der Waals surface area contributed by atoms with E-state index < -0.39 is 0 Å². The first kappa shape index (κ1) is 6.12. The van der Waals surface area contributed by atoms with Crippen molar-refractivity contribution in [2.75, 3.05) is 0 Å². The summed E-state index contributed by atoms with van der Waals surface area (Å²) in [5.41, 5.74) is 0.401. The summed E-state index contributed by atoms with van der Waals surface area (Å²) in [4.78, 5) is 0. The summed E-state index contributed by atoms with van der Waals surface area (Å²) in [6.07, 6.45) is 1.19. The van der Waals surface area contributed by atoms with Gasteiger partial charge in [0.1, 0.15) is 0 Å². The van der Waals surface area contributed by atoms with Crippen molar-refractivity contribution in [3.8, 4) is 0 Å². The van der Waals surface area contributed by atoms with Gasteiger partial charge in [-0.1, -0.05) is 0 Å². The van der Waals surface area contributed by atoms with Crippen molar-refractivity contribution in [1.82, 2.24) is 0 Å². The fourth-order valence-electron chi connectivity index (χ4n) is 0.848. The Morgan fingerprint density at radius 2 is 1.88 bits per heavy atom. The summed E-state index contributed by atoms with van der Waals surface area (Å²) in [5.74, 6) is 0. The molecule has 0 aromatic heterocycles. The molecule has 0 bridgehead atoms. The van der Waals surface area contributed by atoms with Gasteiger partial charge >= 0.3 is 52.0 Å². The van der Waals surface area contributed by atoms with E-state index in [1.807, 2.05) is 0 Å². The van der Waals surface area contributed by atoms with Crippen LogP contribution in [0.5, 0.6) is 0 Å². The molecular weight excluding hydrogens is 93.7 g/mol. The van der Waals surface area contributed by atoms with Gasteiger partial charge in [-0.05, 0) is 0 Å². The molecule has 0 aromatic carbocycles. The molecule has 0 spiro atoms. The Balaban J connectivity index is 2.59. The van der Waals surface area contributed by atoms with Crippen molar-refractivity contribution in [2.24, 2.45) is 5.41 Å². The van der Waals surface area contributed by atoms with Crippen molar-refractivity contribution >= 4 is 19.6 Å². The molecule has 0 saturated heterocycles. The third-order valence-electron chi connectivity index (χ3n) is 1.54. The molecule has 0 aromatic rings. The third-order valence-corrected chi connectivity index (χ3v) is 1.54. The summed E-state index contributed by atoms with van der Waals surface area (Å²) < 4.78 is 0. The van der Waals surface area contributed by atoms with Crippen LogP contribution >= 0.6 is 0 Å². The van der Waals surface area contributed by atoms with Gasteiger partial charge in [0.05, 0.1) is 0 Å². The van der Waals surface area contributed by atoms with E-state index in [9.17, 15) is 0 Å². The molecular formula is C6H11B2. The molecule has 0 aliphatic carbocycles. The molecule has 2 heteroatoms. The molecule has 0 atom stereocenters. The van der Waals surface area contributed by atoms with Crippen LogP contribution in [0.25, 0.3) is 0 Å². The first-order valence-corrected chi connectivity index (χ1v) is 3.14. The fourth-order valence-corrected chi connectivity index (χ4v) is 0.848. The number of hydrogen-bond donors (Lipinski definition) is 0. The van der Waals surface area contributed by atoms with Crippen LogP contribution in [0, 0.1) is 5.41 Å². The fraction of sp³-hybridized carbons (Fsp3) is 0.833. The zero-order chi connectivity index (χ0) is 6.20. The molecule has 0 unspecified atom stereocenters. The second-order valence-electron chi connectivity index (χ2n) is 3.35. The summed E-state index contributed by atoms with van der Waals surface area (Å²) in [6, 6.07) is 0. The van der Waals surface area contributed by atoms with Gasteiger partial charge in [0.25, 0.3) is 0 Å². The van der Waals surface area contributed by atoms with Gasteiger partial charge in [0.15, 0.2) is 0 Å². The molecule has 0 fully saturated rings. The van der Waals surface area contributed by atoms with E-state index in [4.69, 9.17) is 0 Å². The first-order chi connectivity index (χ1) is 3.61. The number of hydrogen-bond acceptors (Lipinski definition) is 0. The van der Waals surface area contributed by atoms with Gasteiger partial charge in [-0.2, -0.15) is 0 Å². The average Bonchev–Trinajstić information content (AvgIpc) is 1.16. The van der Waals surface area contributed by atoms with E-state index in [1.165, 1.54) is 11.6 Å². The molecule has 1 radical (unpaired) electrons. The normalized spacial score (nSPS) is 17.6. The molecule has 1 aliphatic heterocycles. The second-order valence-corrected chi connectivity index (χ2v) is 3.35. The SMILES string of the molecule is CC(C)(C)C1=BC[B]1. The predicted molar refractivity (Wildman–Crippen MR) is 40.8 cm³/mol. The van der Waals surface area contributed by atoms with Crippen molar-refractivity contribution in [3.05, 3.63) is 0 Å². The predicted octanol–water partition coefficient (Wildman–Crippen LogP) is 0.960. The Morgan fingerprint density at radius 1 is 1.38 bits per heavy atom. The third kappa shape index (κ3) is 1.04. The van der Waals surface area contributed by atoms with Crippen LogP contribution in [0.2, 0.25) is 6.22 Å². The van der Waals surface area contributed by atoms with Gasteiger partial charge in [0, 0.05) is 0 Å². The molecule has 41 valence electrons. The zero-order valence-electron chi connectivity index (χ0n) is 5.86. The average molecular weight is 105 g/mol. The molecule has 8 heavy (non-hydrogen) atoms. The van der Waals surface area contributed by atoms with E-state index in [-0.39, 0.29) is 0 Å². The Bertz CT molecular complexity index is 119. The Labute approximate surface area is 52.8 Å². The van der Waals surface area contributed by atoms with Crippen LogP contribution in [0.1, 0.15) is 20.8 Å². The van der Waals surface area contributed by atoms with Crippen molar-refractivity contribution in [1.29, 1.82) is 0 Å². The molecule has 1 heterocycles. The van der Waals surface area contributed by atoms with Crippen molar-refractivity contribution < 1.29 is 0 Å². The summed E-state index contributed by atoms with van der Waals surface area (Å²) in [7, 11) is 2.29. The quantitative estimate of drug-likeness (QED) is 0.402. The van der Waals surface area contributed by atoms with Gasteiger partial charge in [-0.15, -0.1) is 0 Å². The second kappa shape index (κ2) is 1.75. The summed E-state index contributed by atoms with van der Waals surface area (Å²) in [6.45, 7) is 9.03. The minimum absolute atomic E-state index is 0.401. The van der Waals surface area contributed by atoms with E-state index in [0.717, 1.165) is 0 Å². The van der Waals surface area contributed by atoms with Crippen LogP contribution in [-0.4, -0.2) is 19.6 Å². The van der Waals surface area contributed by atoms with Crippen LogP contribution in [0.3, 0.4) is 0 Å². The molecule has 1 rings (SSSR count). The maximum absolute atomic E-state index is 2.29. The summed E-state index contributed by atoms with van der Waals surface area (Å²) >= 11 is 0.